The predicted molar refractivity (Wildman–Crippen MR) is 59.9 cm³/mol. The molecule has 0 fully saturated rings. The van der Waals surface area contributed by atoms with Gasteiger partial charge in [0.1, 0.15) is 11.4 Å². The Morgan fingerprint density at radius 1 is 1.06 bits per heavy atom. The van der Waals surface area contributed by atoms with Gasteiger partial charge in [0.25, 0.3) is 0 Å². The molecule has 2 aromatic carbocycles. The molecule has 1 aromatic heterocycles. The van der Waals surface area contributed by atoms with E-state index in [1.54, 1.807) is 18.2 Å². The van der Waals surface area contributed by atoms with Gasteiger partial charge in [-0.3, -0.25) is 0 Å². The molecule has 3 heteroatoms. The van der Waals surface area contributed by atoms with Gasteiger partial charge in [-0.25, -0.2) is 9.18 Å². The quantitative estimate of drug-likeness (QED) is 0.425. The van der Waals surface area contributed by atoms with Gasteiger partial charge in [0.15, 0.2) is 0 Å². The van der Waals surface area contributed by atoms with Gasteiger partial charge < -0.3 is 4.42 Å². The van der Waals surface area contributed by atoms with Crippen molar-refractivity contribution in [3.05, 3.63) is 58.7 Å². The Morgan fingerprint density at radius 3 is 2.75 bits per heavy atom. The van der Waals surface area contributed by atoms with Crippen LogP contribution in [0.5, 0.6) is 0 Å². The minimum absolute atomic E-state index is 0.281. The molecule has 0 bridgehead atoms. The highest BCUT2D eigenvalue weighted by atomic mass is 19.1. The van der Waals surface area contributed by atoms with Crippen molar-refractivity contribution in [1.29, 1.82) is 0 Å². The van der Waals surface area contributed by atoms with Crippen LogP contribution in [0.3, 0.4) is 0 Å². The van der Waals surface area contributed by atoms with E-state index in [0.29, 0.717) is 5.39 Å². The molecule has 0 unspecified atom stereocenters. The number of benzene rings is 2. The summed E-state index contributed by atoms with van der Waals surface area (Å²) in [5.41, 5.74) is -0.385. The molecule has 3 rings (SSSR count). The van der Waals surface area contributed by atoms with E-state index < -0.39 is 11.4 Å². The van der Waals surface area contributed by atoms with Crippen molar-refractivity contribution >= 4 is 21.7 Å². The zero-order chi connectivity index (χ0) is 11.1. The molecule has 0 aliphatic heterocycles. The van der Waals surface area contributed by atoms with Crippen molar-refractivity contribution in [2.45, 2.75) is 0 Å². The Bertz CT molecular complexity index is 744. The molecular formula is C13H7FO2. The van der Waals surface area contributed by atoms with Gasteiger partial charge in [0.2, 0.25) is 0 Å². The van der Waals surface area contributed by atoms with Crippen molar-refractivity contribution in [1.82, 2.24) is 0 Å². The first-order valence-corrected chi connectivity index (χ1v) is 4.87. The van der Waals surface area contributed by atoms with E-state index in [-0.39, 0.29) is 5.58 Å². The van der Waals surface area contributed by atoms with Crippen LogP contribution >= 0.6 is 0 Å². The van der Waals surface area contributed by atoms with Crippen molar-refractivity contribution < 1.29 is 8.81 Å². The smallest absolute Gasteiger partial charge is 0.339 e. The summed E-state index contributed by atoms with van der Waals surface area (Å²) in [6.07, 6.45) is 0. The maximum absolute atomic E-state index is 13.7. The summed E-state index contributed by atoms with van der Waals surface area (Å²) in [6.45, 7) is 0. The van der Waals surface area contributed by atoms with E-state index in [4.69, 9.17) is 4.42 Å². The number of rotatable bonds is 0. The summed E-state index contributed by atoms with van der Waals surface area (Å²) >= 11 is 0. The van der Waals surface area contributed by atoms with Gasteiger partial charge in [0.05, 0.1) is 11.5 Å². The van der Waals surface area contributed by atoms with Crippen molar-refractivity contribution in [2.24, 2.45) is 0 Å². The van der Waals surface area contributed by atoms with E-state index >= 15 is 0 Å². The van der Waals surface area contributed by atoms with E-state index in [1.165, 1.54) is 0 Å². The molecule has 0 saturated heterocycles. The van der Waals surface area contributed by atoms with Gasteiger partial charge in [0, 0.05) is 0 Å². The molecule has 0 spiro atoms. The summed E-state index contributed by atoms with van der Waals surface area (Å²) in [5.74, 6) is -0.539. The third-order valence-corrected chi connectivity index (χ3v) is 2.58. The second-order valence-corrected chi connectivity index (χ2v) is 3.57. The summed E-state index contributed by atoms with van der Waals surface area (Å²) in [4.78, 5) is 11.0. The number of fused-ring (bicyclic) bond motifs is 3. The van der Waals surface area contributed by atoms with E-state index in [2.05, 4.69) is 0 Å². The van der Waals surface area contributed by atoms with Gasteiger partial charge in [-0.1, -0.05) is 30.3 Å². The number of halogens is 1. The lowest BCUT2D eigenvalue weighted by molar-refractivity contribution is 0.539. The monoisotopic (exact) mass is 214 g/mol. The van der Waals surface area contributed by atoms with Crippen LogP contribution in [0.15, 0.2) is 51.7 Å². The molecule has 0 radical (unpaired) electrons. The Kier molecular flexibility index (Phi) is 1.80. The molecule has 0 N–H and O–H groups in total. The van der Waals surface area contributed by atoms with Crippen LogP contribution in [-0.4, -0.2) is 0 Å². The second-order valence-electron chi connectivity index (χ2n) is 3.57. The highest BCUT2D eigenvalue weighted by Crippen LogP contribution is 2.26. The Balaban J connectivity index is 2.65. The average Bonchev–Trinajstić information content (AvgIpc) is 2.28. The molecule has 3 aromatic rings. The van der Waals surface area contributed by atoms with Crippen molar-refractivity contribution in [3.8, 4) is 0 Å². The SMILES string of the molecule is O=c1cc(F)c2c(ccc3ccccc32)o1. The largest absolute Gasteiger partial charge is 0.423 e. The van der Waals surface area contributed by atoms with Crippen LogP contribution in [0.25, 0.3) is 21.7 Å². The zero-order valence-electron chi connectivity index (χ0n) is 8.24. The topological polar surface area (TPSA) is 30.2 Å². The van der Waals surface area contributed by atoms with Gasteiger partial charge in [-0.05, 0) is 16.8 Å². The van der Waals surface area contributed by atoms with Gasteiger partial charge >= 0.3 is 5.63 Å². The highest BCUT2D eigenvalue weighted by molar-refractivity contribution is 6.05. The van der Waals surface area contributed by atoms with Gasteiger partial charge in [-0.2, -0.15) is 0 Å². The number of hydrogen-bond acceptors (Lipinski definition) is 2. The first-order chi connectivity index (χ1) is 7.75. The van der Waals surface area contributed by atoms with Crippen molar-refractivity contribution in [3.63, 3.8) is 0 Å². The molecule has 78 valence electrons. The van der Waals surface area contributed by atoms with E-state index in [9.17, 15) is 9.18 Å². The molecule has 2 nitrogen and oxygen atoms in total. The average molecular weight is 214 g/mol. The summed E-state index contributed by atoms with van der Waals surface area (Å²) in [5, 5.41) is 2.03. The molecule has 1 heterocycles. The fourth-order valence-corrected chi connectivity index (χ4v) is 1.90. The maximum Gasteiger partial charge on any atom is 0.339 e. The zero-order valence-corrected chi connectivity index (χ0v) is 8.24. The molecule has 0 aliphatic rings. The molecule has 0 amide bonds. The second kappa shape index (κ2) is 3.17. The van der Waals surface area contributed by atoms with E-state index in [1.807, 2.05) is 18.2 Å². The fourth-order valence-electron chi connectivity index (χ4n) is 1.90. The van der Waals surface area contributed by atoms with Crippen molar-refractivity contribution in [2.75, 3.05) is 0 Å². The minimum Gasteiger partial charge on any atom is -0.423 e. The van der Waals surface area contributed by atoms with Crippen LogP contribution in [0, 0.1) is 5.82 Å². The third-order valence-electron chi connectivity index (χ3n) is 2.58. The molecule has 16 heavy (non-hydrogen) atoms. The lowest BCUT2D eigenvalue weighted by Crippen LogP contribution is -1.98. The summed E-state index contributed by atoms with van der Waals surface area (Å²) < 4.78 is 18.7. The lowest BCUT2D eigenvalue weighted by atomic mass is 10.1. The fraction of sp³-hybridized carbons (Fsp3) is 0. The first kappa shape index (κ1) is 9.09. The van der Waals surface area contributed by atoms with Gasteiger partial charge in [-0.15, -0.1) is 0 Å². The Hall–Kier alpha value is -2.16. The van der Waals surface area contributed by atoms with Crippen LogP contribution in [0.1, 0.15) is 0 Å². The highest BCUT2D eigenvalue weighted by Gasteiger charge is 2.08. The third kappa shape index (κ3) is 1.21. The normalized spacial score (nSPS) is 11.1. The summed E-state index contributed by atoms with van der Waals surface area (Å²) in [7, 11) is 0. The number of hydrogen-bond donors (Lipinski definition) is 0. The molecule has 0 aliphatic carbocycles. The Morgan fingerprint density at radius 2 is 1.88 bits per heavy atom. The van der Waals surface area contributed by atoms with E-state index in [0.717, 1.165) is 16.8 Å². The summed E-state index contributed by atoms with van der Waals surface area (Å²) in [6, 6.07) is 11.7. The predicted octanol–water partition coefficient (Wildman–Crippen LogP) is 3.09. The lowest BCUT2D eigenvalue weighted by Gasteiger charge is -2.02. The molecule has 0 atom stereocenters. The van der Waals surface area contributed by atoms with Crippen LogP contribution in [0.4, 0.5) is 4.39 Å². The maximum atomic E-state index is 13.7. The molecular weight excluding hydrogens is 207 g/mol. The van der Waals surface area contributed by atoms with Crippen LogP contribution < -0.4 is 5.63 Å². The van der Waals surface area contributed by atoms with Crippen LogP contribution in [-0.2, 0) is 0 Å². The first-order valence-electron chi connectivity index (χ1n) is 4.87. The Labute approximate surface area is 89.9 Å². The standard InChI is InChI=1S/C13H7FO2/c14-10-7-12(15)16-11-6-5-8-3-1-2-4-9(8)13(10)11/h1-7H. The van der Waals surface area contributed by atoms with Crippen LogP contribution in [0.2, 0.25) is 0 Å². The molecule has 0 saturated carbocycles. The minimum atomic E-state index is -0.666.